The number of rotatable bonds is 4. The SMILES string of the molecule is CN[Si](C)(C)CC(C)CCl. The van der Waals surface area contributed by atoms with E-state index in [1.54, 1.807) is 0 Å². The van der Waals surface area contributed by atoms with Gasteiger partial charge in [0, 0.05) is 5.88 Å². The third-order valence-corrected chi connectivity index (χ3v) is 5.40. The molecule has 0 aliphatic rings. The average molecular weight is 180 g/mol. The summed E-state index contributed by atoms with van der Waals surface area (Å²) in [6.07, 6.45) is 0. The van der Waals surface area contributed by atoms with Crippen LogP contribution in [0.1, 0.15) is 6.92 Å². The molecule has 0 spiro atoms. The molecule has 0 aromatic carbocycles. The van der Waals surface area contributed by atoms with Gasteiger partial charge in [0.2, 0.25) is 0 Å². The molecule has 0 saturated carbocycles. The molecule has 1 unspecified atom stereocenters. The molecule has 0 saturated heterocycles. The Bertz CT molecular complexity index is 95.6. The van der Waals surface area contributed by atoms with Crippen molar-refractivity contribution in [3.8, 4) is 0 Å². The highest BCUT2D eigenvalue weighted by Gasteiger charge is 2.20. The van der Waals surface area contributed by atoms with Crippen LogP contribution in [0.2, 0.25) is 19.1 Å². The number of hydrogen-bond acceptors (Lipinski definition) is 1. The van der Waals surface area contributed by atoms with Crippen molar-refractivity contribution in [2.75, 3.05) is 12.9 Å². The first-order valence-corrected chi connectivity index (χ1v) is 7.51. The van der Waals surface area contributed by atoms with Gasteiger partial charge in [-0.2, -0.15) is 0 Å². The molecule has 1 N–H and O–H groups in total. The van der Waals surface area contributed by atoms with Gasteiger partial charge in [-0.3, -0.25) is 0 Å². The lowest BCUT2D eigenvalue weighted by Crippen LogP contribution is -2.43. The fraction of sp³-hybridized carbons (Fsp3) is 1.00. The maximum absolute atomic E-state index is 5.71. The van der Waals surface area contributed by atoms with Crippen molar-refractivity contribution < 1.29 is 0 Å². The van der Waals surface area contributed by atoms with E-state index in [4.69, 9.17) is 11.6 Å². The molecule has 0 amide bonds. The zero-order valence-corrected chi connectivity index (χ0v) is 9.13. The molecule has 0 fully saturated rings. The highest BCUT2D eigenvalue weighted by molar-refractivity contribution is 6.74. The predicted molar refractivity (Wildman–Crippen MR) is 51.2 cm³/mol. The lowest BCUT2D eigenvalue weighted by Gasteiger charge is -2.23. The standard InChI is InChI=1S/C7H18ClNSi/c1-7(5-8)6-10(3,4)9-2/h7,9H,5-6H2,1-4H3. The van der Waals surface area contributed by atoms with Crippen molar-refractivity contribution in [1.29, 1.82) is 0 Å². The number of halogens is 1. The van der Waals surface area contributed by atoms with Crippen molar-refractivity contribution in [2.45, 2.75) is 26.1 Å². The Hall–Kier alpha value is 0.467. The van der Waals surface area contributed by atoms with E-state index in [9.17, 15) is 0 Å². The van der Waals surface area contributed by atoms with E-state index in [1.165, 1.54) is 6.04 Å². The maximum Gasteiger partial charge on any atom is 0.119 e. The predicted octanol–water partition coefficient (Wildman–Crippen LogP) is 2.29. The third kappa shape index (κ3) is 4.31. The third-order valence-electron chi connectivity index (χ3n) is 1.80. The van der Waals surface area contributed by atoms with Gasteiger partial charge in [-0.15, -0.1) is 11.6 Å². The zero-order chi connectivity index (χ0) is 8.20. The second kappa shape index (κ2) is 4.37. The van der Waals surface area contributed by atoms with Crippen molar-refractivity contribution in [3.63, 3.8) is 0 Å². The average Bonchev–Trinajstić information content (AvgIpc) is 1.87. The number of alkyl halides is 1. The first-order valence-electron chi connectivity index (χ1n) is 3.76. The Morgan fingerprint density at radius 3 is 2.30 bits per heavy atom. The van der Waals surface area contributed by atoms with Gasteiger partial charge in [0.25, 0.3) is 0 Å². The minimum atomic E-state index is -1.10. The molecule has 0 aromatic rings. The van der Waals surface area contributed by atoms with E-state index in [0.717, 1.165) is 5.88 Å². The molecule has 10 heavy (non-hydrogen) atoms. The van der Waals surface area contributed by atoms with Crippen LogP contribution in [0.25, 0.3) is 0 Å². The molecule has 0 bridgehead atoms. The van der Waals surface area contributed by atoms with Crippen molar-refractivity contribution in [3.05, 3.63) is 0 Å². The van der Waals surface area contributed by atoms with E-state index in [0.29, 0.717) is 5.92 Å². The van der Waals surface area contributed by atoms with Crippen LogP contribution in [0.5, 0.6) is 0 Å². The maximum atomic E-state index is 5.71. The summed E-state index contributed by atoms with van der Waals surface area (Å²) in [4.78, 5) is 3.39. The minimum Gasteiger partial charge on any atom is -0.340 e. The van der Waals surface area contributed by atoms with Gasteiger partial charge in [0.05, 0.1) is 0 Å². The van der Waals surface area contributed by atoms with Gasteiger partial charge in [-0.05, 0) is 19.0 Å². The van der Waals surface area contributed by atoms with E-state index < -0.39 is 8.24 Å². The van der Waals surface area contributed by atoms with Crippen molar-refractivity contribution in [1.82, 2.24) is 4.98 Å². The molecule has 0 heterocycles. The van der Waals surface area contributed by atoms with Crippen LogP contribution in [0.3, 0.4) is 0 Å². The highest BCUT2D eigenvalue weighted by atomic mass is 35.5. The molecule has 1 nitrogen and oxygen atoms in total. The topological polar surface area (TPSA) is 12.0 Å². The Morgan fingerprint density at radius 1 is 1.50 bits per heavy atom. The summed E-state index contributed by atoms with van der Waals surface area (Å²) in [5.74, 6) is 1.45. The van der Waals surface area contributed by atoms with E-state index in [1.807, 2.05) is 7.05 Å². The molecule has 0 radical (unpaired) electrons. The Balaban J connectivity index is 3.64. The Morgan fingerprint density at radius 2 is 2.00 bits per heavy atom. The molecule has 1 atom stereocenters. The van der Waals surface area contributed by atoms with E-state index in [-0.39, 0.29) is 0 Å². The van der Waals surface area contributed by atoms with E-state index in [2.05, 4.69) is 25.0 Å². The van der Waals surface area contributed by atoms with E-state index >= 15 is 0 Å². The van der Waals surface area contributed by atoms with Gasteiger partial charge in [-0.25, -0.2) is 0 Å². The van der Waals surface area contributed by atoms with Gasteiger partial charge >= 0.3 is 0 Å². The van der Waals surface area contributed by atoms with Crippen LogP contribution in [-0.4, -0.2) is 21.2 Å². The Kier molecular flexibility index (Phi) is 4.57. The zero-order valence-electron chi connectivity index (χ0n) is 7.37. The lowest BCUT2D eigenvalue weighted by atomic mass is 10.3. The van der Waals surface area contributed by atoms with Crippen LogP contribution in [-0.2, 0) is 0 Å². The van der Waals surface area contributed by atoms with Gasteiger partial charge in [-0.1, -0.05) is 20.0 Å². The quantitative estimate of drug-likeness (QED) is 0.516. The number of nitrogens with one attached hydrogen (secondary N) is 1. The second-order valence-electron chi connectivity index (χ2n) is 3.60. The van der Waals surface area contributed by atoms with Gasteiger partial charge in [0.15, 0.2) is 0 Å². The first kappa shape index (κ1) is 10.5. The lowest BCUT2D eigenvalue weighted by molar-refractivity contribution is 0.720. The summed E-state index contributed by atoms with van der Waals surface area (Å²) in [5.41, 5.74) is 0. The monoisotopic (exact) mass is 179 g/mol. The smallest absolute Gasteiger partial charge is 0.119 e. The largest absolute Gasteiger partial charge is 0.340 e. The van der Waals surface area contributed by atoms with Crippen molar-refractivity contribution in [2.24, 2.45) is 5.92 Å². The summed E-state index contributed by atoms with van der Waals surface area (Å²) in [5, 5.41) is 0. The number of hydrogen-bond donors (Lipinski definition) is 1. The van der Waals surface area contributed by atoms with Crippen LogP contribution in [0.4, 0.5) is 0 Å². The summed E-state index contributed by atoms with van der Waals surface area (Å²) in [6, 6.07) is 1.27. The van der Waals surface area contributed by atoms with Crippen LogP contribution in [0.15, 0.2) is 0 Å². The molecule has 0 aliphatic heterocycles. The molecular formula is C7H18ClNSi. The molecule has 0 aliphatic carbocycles. The van der Waals surface area contributed by atoms with Gasteiger partial charge in [0.1, 0.15) is 8.24 Å². The summed E-state index contributed by atoms with van der Waals surface area (Å²) < 4.78 is 0. The fourth-order valence-corrected chi connectivity index (χ4v) is 3.41. The van der Waals surface area contributed by atoms with Crippen molar-refractivity contribution >= 4 is 19.8 Å². The highest BCUT2D eigenvalue weighted by Crippen LogP contribution is 2.14. The van der Waals surface area contributed by atoms with Gasteiger partial charge < -0.3 is 4.98 Å². The van der Waals surface area contributed by atoms with Crippen LogP contribution in [0, 0.1) is 5.92 Å². The molecule has 0 aromatic heterocycles. The Labute approximate surface area is 70.2 Å². The molecule has 3 heteroatoms. The minimum absolute atomic E-state index is 0.663. The molecular weight excluding hydrogens is 162 g/mol. The fourth-order valence-electron chi connectivity index (χ4n) is 1.03. The normalized spacial score (nSPS) is 15.3. The molecule has 0 rings (SSSR count). The second-order valence-corrected chi connectivity index (χ2v) is 8.58. The summed E-state index contributed by atoms with van der Waals surface area (Å²) in [7, 11) is 0.953. The van der Waals surface area contributed by atoms with Crippen LogP contribution >= 0.6 is 11.6 Å². The molecule has 62 valence electrons. The summed E-state index contributed by atoms with van der Waals surface area (Å²) >= 11 is 5.71. The van der Waals surface area contributed by atoms with Crippen LogP contribution < -0.4 is 4.98 Å². The summed E-state index contributed by atoms with van der Waals surface area (Å²) in [6.45, 7) is 6.87. The first-order chi connectivity index (χ1) is 4.52.